The Labute approximate surface area is 73.2 Å². The van der Waals surface area contributed by atoms with Crippen molar-refractivity contribution >= 4 is 10.3 Å². The molecule has 72 valence electrons. The molecule has 0 radical (unpaired) electrons. The van der Waals surface area contributed by atoms with Crippen LogP contribution in [0.3, 0.4) is 0 Å². The molecule has 1 aliphatic carbocycles. The summed E-state index contributed by atoms with van der Waals surface area (Å²) < 4.78 is 31.2. The number of nitrogens with one attached hydrogen (secondary N) is 1. The molecule has 1 rings (SSSR count). The van der Waals surface area contributed by atoms with E-state index in [1.54, 1.807) is 0 Å². The molecular weight excluding hydrogens is 178 g/mol. The first-order valence-electron chi connectivity index (χ1n) is 4.30. The van der Waals surface area contributed by atoms with E-state index in [1.165, 1.54) is 19.3 Å². The molecule has 5 heteroatoms. The summed E-state index contributed by atoms with van der Waals surface area (Å²) in [6, 6.07) is 0. The lowest BCUT2D eigenvalue weighted by Crippen LogP contribution is -2.29. The van der Waals surface area contributed by atoms with Gasteiger partial charge in [0.05, 0.1) is 0 Å². The zero-order valence-electron chi connectivity index (χ0n) is 6.99. The highest BCUT2D eigenvalue weighted by atomic mass is 32.2. The third-order valence-corrected chi connectivity index (χ3v) is 2.81. The van der Waals surface area contributed by atoms with E-state index >= 15 is 0 Å². The van der Waals surface area contributed by atoms with Crippen molar-refractivity contribution in [3.63, 3.8) is 0 Å². The zero-order chi connectivity index (χ0) is 9.03. The molecule has 1 aliphatic rings. The Morgan fingerprint density at radius 3 is 2.33 bits per heavy atom. The van der Waals surface area contributed by atoms with E-state index in [2.05, 4.69) is 4.72 Å². The van der Waals surface area contributed by atoms with Gasteiger partial charge in [-0.15, -0.1) is 0 Å². The number of rotatable bonds is 3. The second kappa shape index (κ2) is 4.20. The van der Waals surface area contributed by atoms with Crippen LogP contribution < -0.4 is 4.72 Å². The molecule has 0 aromatic carbocycles. The lowest BCUT2D eigenvalue weighted by molar-refractivity contribution is 0.351. The monoisotopic (exact) mass is 193 g/mol. The predicted molar refractivity (Wildman–Crippen MR) is 46.1 cm³/mol. The number of hydrogen-bond donors (Lipinski definition) is 2. The van der Waals surface area contributed by atoms with E-state index in [1.807, 2.05) is 0 Å². The van der Waals surface area contributed by atoms with Crippen molar-refractivity contribution < 1.29 is 13.0 Å². The molecule has 0 spiro atoms. The first-order chi connectivity index (χ1) is 5.58. The van der Waals surface area contributed by atoms with Crippen LogP contribution in [-0.4, -0.2) is 19.5 Å². The van der Waals surface area contributed by atoms with Gasteiger partial charge in [0.2, 0.25) is 0 Å². The average Bonchev–Trinajstić information content (AvgIpc) is 2.02. The normalized spacial score (nSPS) is 21.1. The minimum absolute atomic E-state index is 0.388. The molecule has 1 saturated carbocycles. The van der Waals surface area contributed by atoms with E-state index in [-0.39, 0.29) is 0 Å². The predicted octanol–water partition coefficient (Wildman–Crippen LogP) is 0.959. The lowest BCUT2D eigenvalue weighted by Gasteiger charge is -2.20. The average molecular weight is 193 g/mol. The first-order valence-corrected chi connectivity index (χ1v) is 5.74. The fourth-order valence-electron chi connectivity index (χ4n) is 1.61. The summed E-state index contributed by atoms with van der Waals surface area (Å²) >= 11 is 0. The van der Waals surface area contributed by atoms with E-state index in [0.29, 0.717) is 12.5 Å². The maximum absolute atomic E-state index is 10.3. The van der Waals surface area contributed by atoms with Crippen molar-refractivity contribution in [2.45, 2.75) is 32.1 Å². The summed E-state index contributed by atoms with van der Waals surface area (Å²) in [5.41, 5.74) is 0. The van der Waals surface area contributed by atoms with Crippen molar-refractivity contribution in [3.05, 3.63) is 0 Å². The molecule has 1 fully saturated rings. The largest absolute Gasteiger partial charge is 0.333 e. The van der Waals surface area contributed by atoms with Gasteiger partial charge in [-0.25, -0.2) is 0 Å². The van der Waals surface area contributed by atoms with Crippen LogP contribution in [0.15, 0.2) is 0 Å². The van der Waals surface area contributed by atoms with E-state index in [4.69, 9.17) is 4.55 Å². The van der Waals surface area contributed by atoms with E-state index in [9.17, 15) is 8.42 Å². The van der Waals surface area contributed by atoms with Crippen LogP contribution in [0.1, 0.15) is 32.1 Å². The van der Waals surface area contributed by atoms with Crippen molar-refractivity contribution in [1.29, 1.82) is 0 Å². The van der Waals surface area contributed by atoms with Crippen LogP contribution in [0.25, 0.3) is 0 Å². The van der Waals surface area contributed by atoms with Crippen LogP contribution in [0.5, 0.6) is 0 Å². The SMILES string of the molecule is O=S(=O)(O)NCC1CCCCC1. The smallest absolute Gasteiger partial charge is 0.273 e. The molecular formula is C7H15NO3S. The highest BCUT2D eigenvalue weighted by molar-refractivity contribution is 7.83. The number of hydrogen-bond acceptors (Lipinski definition) is 2. The molecule has 4 nitrogen and oxygen atoms in total. The topological polar surface area (TPSA) is 66.4 Å². The third kappa shape index (κ3) is 4.04. The molecule has 0 amide bonds. The summed E-state index contributed by atoms with van der Waals surface area (Å²) in [7, 11) is -3.97. The van der Waals surface area contributed by atoms with Gasteiger partial charge in [0.15, 0.2) is 0 Å². The Morgan fingerprint density at radius 2 is 1.83 bits per heavy atom. The highest BCUT2D eigenvalue weighted by Gasteiger charge is 2.15. The van der Waals surface area contributed by atoms with Gasteiger partial charge in [0.1, 0.15) is 0 Å². The Balaban J connectivity index is 2.22. The molecule has 2 N–H and O–H groups in total. The minimum atomic E-state index is -3.97. The van der Waals surface area contributed by atoms with Crippen molar-refractivity contribution in [3.8, 4) is 0 Å². The van der Waals surface area contributed by atoms with Crippen molar-refractivity contribution in [1.82, 2.24) is 4.72 Å². The van der Waals surface area contributed by atoms with Gasteiger partial charge in [0.25, 0.3) is 0 Å². The zero-order valence-corrected chi connectivity index (χ0v) is 7.81. The van der Waals surface area contributed by atoms with E-state index < -0.39 is 10.3 Å². The van der Waals surface area contributed by atoms with Gasteiger partial charge in [-0.1, -0.05) is 19.3 Å². The Morgan fingerprint density at radius 1 is 1.25 bits per heavy atom. The Bertz CT molecular complexity index is 219. The van der Waals surface area contributed by atoms with Crippen LogP contribution >= 0.6 is 0 Å². The van der Waals surface area contributed by atoms with Crippen LogP contribution in [-0.2, 0) is 10.3 Å². The van der Waals surface area contributed by atoms with Crippen LogP contribution in [0.4, 0.5) is 0 Å². The maximum atomic E-state index is 10.3. The second-order valence-electron chi connectivity index (χ2n) is 3.33. The Hall–Kier alpha value is -0.130. The molecule has 0 aromatic heterocycles. The molecule has 0 aromatic rings. The fraction of sp³-hybridized carbons (Fsp3) is 1.00. The molecule has 0 bridgehead atoms. The summed E-state index contributed by atoms with van der Waals surface area (Å²) in [5.74, 6) is 0.417. The van der Waals surface area contributed by atoms with Gasteiger partial charge in [-0.05, 0) is 18.8 Å². The molecule has 0 atom stereocenters. The summed E-state index contributed by atoms with van der Waals surface area (Å²) in [4.78, 5) is 0. The maximum Gasteiger partial charge on any atom is 0.333 e. The van der Waals surface area contributed by atoms with E-state index in [0.717, 1.165) is 12.8 Å². The summed E-state index contributed by atoms with van der Waals surface area (Å²) in [6.45, 7) is 0.388. The molecule has 0 heterocycles. The van der Waals surface area contributed by atoms with Gasteiger partial charge in [-0.2, -0.15) is 13.1 Å². The standard InChI is InChI=1S/C7H15NO3S/c9-12(10,11)8-6-7-4-2-1-3-5-7/h7-8H,1-6H2,(H,9,10,11). The van der Waals surface area contributed by atoms with Gasteiger partial charge >= 0.3 is 10.3 Å². The second-order valence-corrected chi connectivity index (χ2v) is 4.57. The fourth-order valence-corrected chi connectivity index (χ4v) is 2.06. The molecule has 0 unspecified atom stereocenters. The Kier molecular flexibility index (Phi) is 3.49. The van der Waals surface area contributed by atoms with Gasteiger partial charge in [-0.3, -0.25) is 4.55 Å². The highest BCUT2D eigenvalue weighted by Crippen LogP contribution is 2.22. The first kappa shape index (κ1) is 9.95. The minimum Gasteiger partial charge on any atom is -0.273 e. The summed E-state index contributed by atoms with van der Waals surface area (Å²) in [6.07, 6.45) is 5.75. The molecule has 0 aliphatic heterocycles. The van der Waals surface area contributed by atoms with Crippen LogP contribution in [0, 0.1) is 5.92 Å². The quantitative estimate of drug-likeness (QED) is 0.656. The van der Waals surface area contributed by atoms with Gasteiger partial charge in [0, 0.05) is 6.54 Å². The summed E-state index contributed by atoms with van der Waals surface area (Å²) in [5, 5.41) is 0. The molecule has 0 saturated heterocycles. The molecule has 12 heavy (non-hydrogen) atoms. The lowest BCUT2D eigenvalue weighted by atomic mass is 9.90. The van der Waals surface area contributed by atoms with Crippen LogP contribution in [0.2, 0.25) is 0 Å². The third-order valence-electron chi connectivity index (χ3n) is 2.28. The van der Waals surface area contributed by atoms with Gasteiger partial charge < -0.3 is 0 Å². The van der Waals surface area contributed by atoms with Crippen molar-refractivity contribution in [2.24, 2.45) is 5.92 Å². The van der Waals surface area contributed by atoms with Crippen molar-refractivity contribution in [2.75, 3.05) is 6.54 Å².